The predicted octanol–water partition coefficient (Wildman–Crippen LogP) is 9.70. The number of pyridine rings is 3. The van der Waals surface area contributed by atoms with E-state index < -0.39 is 8.96 Å². The number of aromatic nitrogens is 5. The molecule has 0 saturated heterocycles. The molecule has 2 radical (unpaired) electrons. The normalized spacial score (nSPS) is 11.7. The molecule has 5 nitrogen and oxygen atoms in total. The Morgan fingerprint density at radius 3 is 1.91 bits per heavy atom. The number of fused-ring (bicyclic) bond motifs is 9. The van der Waals surface area contributed by atoms with Crippen molar-refractivity contribution in [1.29, 1.82) is 0 Å². The number of rotatable bonds is 5. The first-order valence-corrected chi connectivity index (χ1v) is 19.3. The molecular formula is C47H30IrN5Si. The maximum absolute atomic E-state index is 5.70. The van der Waals surface area contributed by atoms with E-state index in [0.29, 0.717) is 0 Å². The summed E-state index contributed by atoms with van der Waals surface area (Å²) in [5.41, 5.74) is 8.14. The zero-order valence-corrected chi connectivity index (χ0v) is 32.3. The van der Waals surface area contributed by atoms with Gasteiger partial charge in [-0.1, -0.05) is 140 Å². The second-order valence-corrected chi connectivity index (χ2v) is 15.7. The average Bonchev–Trinajstić information content (AvgIpc) is 3.73. The van der Waals surface area contributed by atoms with Crippen molar-refractivity contribution in [3.63, 3.8) is 0 Å². The summed E-state index contributed by atoms with van der Waals surface area (Å²) in [6, 6.07) is 62.8. The van der Waals surface area contributed by atoms with Crippen molar-refractivity contribution in [1.82, 2.24) is 23.8 Å². The van der Waals surface area contributed by atoms with Gasteiger partial charge in [-0.15, -0.1) is 0 Å². The minimum Gasteiger partial charge on any atom is -0.357 e. The van der Waals surface area contributed by atoms with E-state index in [0.717, 1.165) is 66.3 Å². The Hall–Kier alpha value is -6.24. The summed E-state index contributed by atoms with van der Waals surface area (Å²) in [4.78, 5) is 15.8. The number of para-hydroxylation sites is 3. The van der Waals surface area contributed by atoms with Crippen LogP contribution in [-0.4, -0.2) is 32.7 Å². The van der Waals surface area contributed by atoms with Gasteiger partial charge in [0.2, 0.25) is 8.96 Å². The van der Waals surface area contributed by atoms with Crippen molar-refractivity contribution in [2.45, 2.75) is 0 Å². The number of benzene rings is 6. The van der Waals surface area contributed by atoms with E-state index in [1.54, 1.807) is 0 Å². The van der Waals surface area contributed by atoms with E-state index in [9.17, 15) is 0 Å². The molecule has 0 N–H and O–H groups in total. The van der Waals surface area contributed by atoms with Crippen molar-refractivity contribution in [2.24, 2.45) is 0 Å². The van der Waals surface area contributed by atoms with Gasteiger partial charge >= 0.3 is 0 Å². The Kier molecular flexibility index (Phi) is 7.81. The van der Waals surface area contributed by atoms with Crippen LogP contribution in [0.1, 0.15) is 0 Å². The van der Waals surface area contributed by atoms with Crippen LogP contribution in [0, 0.1) is 0 Å². The summed E-state index contributed by atoms with van der Waals surface area (Å²) in [5, 5.41) is 9.54. The SMILES string of the molecule is [Ir].c1ccc([Si](c2ccccc2)n2c3ccccc3c3ccc4cc5c6ccccc6n(-c6cccc(-c7cccc8cccnc78)n6)c5nc4c32)cc1. The van der Waals surface area contributed by atoms with E-state index in [1.165, 1.54) is 26.7 Å². The fraction of sp³-hybridized carbons (Fsp3) is 0. The van der Waals surface area contributed by atoms with Crippen molar-refractivity contribution in [3.8, 4) is 17.1 Å². The first kappa shape index (κ1) is 32.4. The van der Waals surface area contributed by atoms with Gasteiger partial charge in [-0.3, -0.25) is 9.55 Å². The second kappa shape index (κ2) is 13.0. The molecule has 54 heavy (non-hydrogen) atoms. The molecule has 7 heteroatoms. The standard InChI is InChI=1S/C47H30N5Si.Ir/c1-3-16-33(17-4-1)53(34-18-5-2-6-19-34)52-42-25-10-8-20-35(42)37-28-27-32-30-39-36-21-7-9-24-41(36)51(47(39)50-45(32)46(37)52)43-26-12-23-40(49-43)38-22-11-14-31-15-13-29-48-44(31)38;/h1-30H;. The van der Waals surface area contributed by atoms with Gasteiger partial charge in [0.15, 0.2) is 0 Å². The van der Waals surface area contributed by atoms with Crippen LogP contribution in [0.5, 0.6) is 0 Å². The van der Waals surface area contributed by atoms with Crippen molar-refractivity contribution in [2.75, 3.05) is 0 Å². The maximum atomic E-state index is 5.70. The molecule has 5 aromatic heterocycles. The van der Waals surface area contributed by atoms with Crippen LogP contribution in [0.3, 0.4) is 0 Å². The fourth-order valence-electron chi connectivity index (χ4n) is 8.14. The molecule has 0 spiro atoms. The minimum absolute atomic E-state index is 0. The molecule has 256 valence electrons. The molecule has 6 aromatic carbocycles. The van der Waals surface area contributed by atoms with Crippen LogP contribution < -0.4 is 10.4 Å². The minimum atomic E-state index is -1.52. The molecule has 0 bridgehead atoms. The van der Waals surface area contributed by atoms with Crippen LogP contribution in [0.25, 0.3) is 82.6 Å². The Morgan fingerprint density at radius 2 is 1.13 bits per heavy atom. The summed E-state index contributed by atoms with van der Waals surface area (Å²) in [5.74, 6) is 0.819. The molecule has 0 unspecified atom stereocenters. The van der Waals surface area contributed by atoms with Gasteiger partial charge in [0.1, 0.15) is 11.5 Å². The first-order valence-electron chi connectivity index (χ1n) is 17.9. The zero-order chi connectivity index (χ0) is 34.9. The molecule has 0 amide bonds. The molecule has 5 heterocycles. The van der Waals surface area contributed by atoms with Crippen molar-refractivity contribution < 1.29 is 20.1 Å². The Labute approximate surface area is 326 Å². The smallest absolute Gasteiger partial charge is 0.247 e. The Bertz CT molecular complexity index is 3150. The second-order valence-electron chi connectivity index (χ2n) is 13.4. The molecular weight excluding hydrogens is 855 g/mol. The summed E-state index contributed by atoms with van der Waals surface area (Å²) in [6.07, 6.45) is 1.85. The van der Waals surface area contributed by atoms with E-state index in [-0.39, 0.29) is 20.1 Å². The van der Waals surface area contributed by atoms with Gasteiger partial charge in [-0.25, -0.2) is 9.97 Å². The quantitative estimate of drug-likeness (QED) is 0.162. The van der Waals surface area contributed by atoms with Gasteiger partial charge in [-0.2, -0.15) is 0 Å². The van der Waals surface area contributed by atoms with Gasteiger partial charge in [-0.05, 0) is 46.8 Å². The van der Waals surface area contributed by atoms with Gasteiger partial charge in [0, 0.05) is 69.7 Å². The third kappa shape index (κ3) is 4.97. The topological polar surface area (TPSA) is 48.5 Å². The van der Waals surface area contributed by atoms with E-state index >= 15 is 0 Å². The van der Waals surface area contributed by atoms with Crippen LogP contribution in [0.2, 0.25) is 0 Å². The third-order valence-electron chi connectivity index (χ3n) is 10.4. The predicted molar refractivity (Wildman–Crippen MR) is 221 cm³/mol. The van der Waals surface area contributed by atoms with Crippen molar-refractivity contribution in [3.05, 3.63) is 182 Å². The average molecular weight is 885 g/mol. The molecule has 11 aromatic rings. The molecule has 0 atom stereocenters. The summed E-state index contributed by atoms with van der Waals surface area (Å²) < 4.78 is 4.85. The van der Waals surface area contributed by atoms with Crippen LogP contribution in [0.15, 0.2) is 182 Å². The first-order chi connectivity index (χ1) is 26.3. The van der Waals surface area contributed by atoms with E-state index in [4.69, 9.17) is 15.0 Å². The summed E-state index contributed by atoms with van der Waals surface area (Å²) in [7, 11) is -1.52. The van der Waals surface area contributed by atoms with E-state index in [1.807, 2.05) is 12.3 Å². The van der Waals surface area contributed by atoms with Gasteiger partial charge in [0.25, 0.3) is 0 Å². The number of nitrogens with zero attached hydrogens (tertiary/aromatic N) is 5. The van der Waals surface area contributed by atoms with Crippen LogP contribution >= 0.6 is 0 Å². The molecule has 0 fully saturated rings. The molecule has 0 saturated carbocycles. The maximum Gasteiger partial charge on any atom is 0.247 e. The number of hydrogen-bond donors (Lipinski definition) is 0. The van der Waals surface area contributed by atoms with Gasteiger partial charge in [0.05, 0.1) is 27.8 Å². The Balaban J connectivity index is 0.00000361. The largest absolute Gasteiger partial charge is 0.357 e. The molecule has 0 aliphatic heterocycles. The van der Waals surface area contributed by atoms with E-state index in [2.05, 4.69) is 179 Å². The summed E-state index contributed by atoms with van der Waals surface area (Å²) in [6.45, 7) is 0. The third-order valence-corrected chi connectivity index (χ3v) is 13.1. The Morgan fingerprint density at radius 1 is 0.463 bits per heavy atom. The summed E-state index contributed by atoms with van der Waals surface area (Å²) >= 11 is 0. The molecule has 11 rings (SSSR count). The molecule has 0 aliphatic rings. The van der Waals surface area contributed by atoms with Gasteiger partial charge < -0.3 is 4.23 Å². The monoisotopic (exact) mass is 885 g/mol. The molecule has 0 aliphatic carbocycles. The van der Waals surface area contributed by atoms with Crippen LogP contribution in [-0.2, 0) is 20.1 Å². The fourth-order valence-corrected chi connectivity index (χ4v) is 10.9. The van der Waals surface area contributed by atoms with Crippen molar-refractivity contribution >= 4 is 84.9 Å². The number of hydrogen-bond acceptors (Lipinski definition) is 3. The van der Waals surface area contributed by atoms with Crippen LogP contribution in [0.4, 0.5) is 0 Å². The zero-order valence-electron chi connectivity index (χ0n) is 28.9.